The summed E-state index contributed by atoms with van der Waals surface area (Å²) in [7, 11) is -4.42. The Morgan fingerprint density at radius 2 is 1.74 bits per heavy atom. The minimum atomic E-state index is -5.04. The van der Waals surface area contributed by atoms with E-state index in [0.29, 0.717) is 12.8 Å². The number of rotatable bonds is 5. The minimum absolute atomic E-state index is 0.0656. The number of halogens is 3. The first kappa shape index (κ1) is 23.9. The number of sulfonamides is 1. The Hall–Kier alpha value is -2.79. The van der Waals surface area contributed by atoms with E-state index in [2.05, 4.69) is 20.1 Å². The van der Waals surface area contributed by atoms with Gasteiger partial charge in [0.2, 0.25) is 5.91 Å². The second-order valence-corrected chi connectivity index (χ2v) is 11.0. The Kier molecular flexibility index (Phi) is 5.95. The van der Waals surface area contributed by atoms with Gasteiger partial charge < -0.3 is 15.4 Å². The topological polar surface area (TPSA) is 96.5 Å². The number of anilines is 2. The van der Waals surface area contributed by atoms with Gasteiger partial charge >= 0.3 is 6.36 Å². The maximum atomic E-state index is 13.2. The molecule has 3 N–H and O–H groups in total. The highest BCUT2D eigenvalue weighted by molar-refractivity contribution is 7.92. The fourth-order valence-corrected chi connectivity index (χ4v) is 6.79. The smallest absolute Gasteiger partial charge is 0.404 e. The fourth-order valence-electron chi connectivity index (χ4n) is 5.62. The number of piperidine rings is 1. The number of carbonyl (C=O) groups excluding carboxylic acids is 1. The van der Waals surface area contributed by atoms with Crippen molar-refractivity contribution in [2.75, 3.05) is 23.1 Å². The van der Waals surface area contributed by atoms with E-state index in [1.165, 1.54) is 12.1 Å². The van der Waals surface area contributed by atoms with Crippen LogP contribution in [0.15, 0.2) is 41.3 Å². The summed E-state index contributed by atoms with van der Waals surface area (Å²) in [5.41, 5.74) is 1.91. The highest BCUT2D eigenvalue weighted by Crippen LogP contribution is 2.52. The van der Waals surface area contributed by atoms with Crippen LogP contribution in [0.2, 0.25) is 0 Å². The number of hydrogen-bond acceptors (Lipinski definition) is 5. The average molecular weight is 510 g/mol. The van der Waals surface area contributed by atoms with Gasteiger partial charge in [-0.3, -0.25) is 9.52 Å². The Labute approximate surface area is 201 Å². The molecule has 0 aromatic heterocycles. The van der Waals surface area contributed by atoms with Gasteiger partial charge in [-0.15, -0.1) is 13.2 Å². The first-order valence-corrected chi connectivity index (χ1v) is 13.2. The van der Waals surface area contributed by atoms with E-state index in [9.17, 15) is 26.4 Å². The summed E-state index contributed by atoms with van der Waals surface area (Å²) >= 11 is 0. The maximum absolute atomic E-state index is 13.2. The van der Waals surface area contributed by atoms with E-state index in [-0.39, 0.29) is 17.5 Å². The van der Waals surface area contributed by atoms with Gasteiger partial charge in [0.15, 0.2) is 0 Å². The Balaban J connectivity index is 1.57. The molecule has 0 unspecified atom stereocenters. The zero-order valence-electron chi connectivity index (χ0n) is 18.9. The normalized spacial score (nSPS) is 20.0. The highest BCUT2D eigenvalue weighted by Gasteiger charge is 2.49. The summed E-state index contributed by atoms with van der Waals surface area (Å²) in [5, 5.41) is 6.38. The number of ether oxygens (including phenoxy) is 1. The van der Waals surface area contributed by atoms with Crippen LogP contribution in [-0.2, 0) is 20.2 Å². The molecule has 1 aliphatic carbocycles. The van der Waals surface area contributed by atoms with Gasteiger partial charge in [-0.25, -0.2) is 8.42 Å². The van der Waals surface area contributed by atoms with Crippen molar-refractivity contribution in [3.63, 3.8) is 0 Å². The first-order valence-electron chi connectivity index (χ1n) is 11.7. The van der Waals surface area contributed by atoms with Crippen molar-refractivity contribution in [3.05, 3.63) is 47.5 Å². The predicted octanol–water partition coefficient (Wildman–Crippen LogP) is 4.62. The molecule has 2 fully saturated rings. The first-order chi connectivity index (χ1) is 16.6. The third kappa shape index (κ3) is 4.47. The molecule has 11 heteroatoms. The van der Waals surface area contributed by atoms with Crippen LogP contribution in [0.4, 0.5) is 24.5 Å². The number of benzene rings is 2. The van der Waals surface area contributed by atoms with Gasteiger partial charge in [0, 0.05) is 11.4 Å². The molecule has 2 aromatic carbocycles. The van der Waals surface area contributed by atoms with Crippen LogP contribution in [0.5, 0.6) is 5.75 Å². The molecule has 188 valence electrons. The lowest BCUT2D eigenvalue weighted by atomic mass is 9.78. The van der Waals surface area contributed by atoms with Crippen molar-refractivity contribution in [2.45, 2.75) is 61.1 Å². The van der Waals surface area contributed by atoms with Crippen molar-refractivity contribution >= 4 is 27.3 Å². The number of nitrogens with one attached hydrogen (secondary N) is 3. The highest BCUT2D eigenvalue weighted by atomic mass is 32.2. The van der Waals surface area contributed by atoms with E-state index in [1.54, 1.807) is 12.1 Å². The average Bonchev–Trinajstić information content (AvgIpc) is 3.40. The second kappa shape index (κ2) is 8.70. The summed E-state index contributed by atoms with van der Waals surface area (Å²) in [6, 6.07) is 7.99. The van der Waals surface area contributed by atoms with Gasteiger partial charge in [-0.1, -0.05) is 25.0 Å². The Bertz CT molecular complexity index is 1250. The third-order valence-corrected chi connectivity index (χ3v) is 8.63. The molecule has 2 aromatic rings. The molecule has 3 aliphatic rings. The molecule has 1 spiro atoms. The van der Waals surface area contributed by atoms with Gasteiger partial charge in [0.25, 0.3) is 10.0 Å². The molecule has 7 nitrogen and oxygen atoms in total. The zero-order valence-corrected chi connectivity index (χ0v) is 19.7. The molecule has 1 amide bonds. The van der Waals surface area contributed by atoms with E-state index in [4.69, 9.17) is 0 Å². The van der Waals surface area contributed by atoms with Crippen LogP contribution >= 0.6 is 0 Å². The van der Waals surface area contributed by atoms with Crippen molar-refractivity contribution in [1.82, 2.24) is 5.32 Å². The molecule has 0 radical (unpaired) electrons. The van der Waals surface area contributed by atoms with Crippen molar-refractivity contribution in [1.29, 1.82) is 0 Å². The van der Waals surface area contributed by atoms with Gasteiger partial charge in [-0.05, 0) is 80.1 Å². The number of carbonyl (C=O) groups is 1. The molecule has 5 rings (SSSR count). The van der Waals surface area contributed by atoms with E-state index in [0.717, 1.165) is 67.7 Å². The fraction of sp³-hybridized carbons (Fsp3) is 0.458. The Morgan fingerprint density at radius 1 is 1.06 bits per heavy atom. The third-order valence-electron chi connectivity index (χ3n) is 7.21. The summed E-state index contributed by atoms with van der Waals surface area (Å²) < 4.78 is 71.5. The summed E-state index contributed by atoms with van der Waals surface area (Å²) in [6.07, 6.45) is -0.239. The molecular weight excluding hydrogens is 483 g/mol. The van der Waals surface area contributed by atoms with Crippen LogP contribution in [0.25, 0.3) is 0 Å². The van der Waals surface area contributed by atoms with Crippen LogP contribution in [0.3, 0.4) is 0 Å². The Morgan fingerprint density at radius 3 is 2.43 bits per heavy atom. The predicted molar refractivity (Wildman–Crippen MR) is 124 cm³/mol. The van der Waals surface area contributed by atoms with E-state index in [1.807, 2.05) is 0 Å². The summed E-state index contributed by atoms with van der Waals surface area (Å²) in [6.45, 7) is 1.60. The van der Waals surface area contributed by atoms with E-state index < -0.39 is 32.4 Å². The molecule has 2 heterocycles. The van der Waals surface area contributed by atoms with Crippen LogP contribution in [0, 0.1) is 0 Å². The molecular formula is C24H26F3N3O4S. The summed E-state index contributed by atoms with van der Waals surface area (Å²) in [5.74, 6) is -0.757. The lowest BCUT2D eigenvalue weighted by Gasteiger charge is -2.27. The number of fused-ring (bicyclic) bond motifs is 2. The van der Waals surface area contributed by atoms with E-state index >= 15 is 0 Å². The monoisotopic (exact) mass is 509 g/mol. The van der Waals surface area contributed by atoms with Crippen molar-refractivity contribution in [3.8, 4) is 5.75 Å². The second-order valence-electron chi connectivity index (χ2n) is 9.36. The maximum Gasteiger partial charge on any atom is 0.573 e. The summed E-state index contributed by atoms with van der Waals surface area (Å²) in [4.78, 5) is 12.5. The molecule has 0 atom stereocenters. The molecule has 35 heavy (non-hydrogen) atoms. The molecule has 1 saturated heterocycles. The number of hydrogen-bond donors (Lipinski definition) is 3. The molecule has 0 bridgehead atoms. The SMILES string of the molecule is O=C1Nc2c(C3CCNCC3)cc(NS(=O)(=O)c3ccccc3OC(F)(F)F)cc2C12CCCC2. The van der Waals surface area contributed by atoms with Gasteiger partial charge in [0.1, 0.15) is 10.6 Å². The van der Waals surface area contributed by atoms with Crippen molar-refractivity contribution < 1.29 is 31.1 Å². The molecule has 2 aliphatic heterocycles. The quantitative estimate of drug-likeness (QED) is 0.547. The van der Waals surface area contributed by atoms with Crippen molar-refractivity contribution in [2.24, 2.45) is 0 Å². The largest absolute Gasteiger partial charge is 0.573 e. The number of amides is 1. The van der Waals surface area contributed by atoms with Crippen LogP contribution in [0.1, 0.15) is 55.6 Å². The van der Waals surface area contributed by atoms with Crippen LogP contribution < -0.4 is 20.1 Å². The van der Waals surface area contributed by atoms with Gasteiger partial charge in [-0.2, -0.15) is 0 Å². The van der Waals surface area contributed by atoms with Crippen LogP contribution in [-0.4, -0.2) is 33.8 Å². The lowest BCUT2D eigenvalue weighted by molar-refractivity contribution is -0.275. The number of alkyl halides is 3. The zero-order chi connectivity index (χ0) is 24.8. The standard InChI is InChI=1S/C24H26F3N3O4S/c25-24(26,27)34-19-5-1-2-6-20(19)35(32,33)30-16-13-17(15-7-11-28-12-8-15)21-18(14-16)23(22(31)29-21)9-3-4-10-23/h1-2,5-6,13-15,28,30H,3-4,7-12H2,(H,29,31). The lowest BCUT2D eigenvalue weighted by Crippen LogP contribution is -2.31. The number of para-hydroxylation sites is 1. The van der Waals surface area contributed by atoms with Gasteiger partial charge in [0.05, 0.1) is 5.41 Å². The molecule has 1 saturated carbocycles. The minimum Gasteiger partial charge on any atom is -0.404 e.